The van der Waals surface area contributed by atoms with Crippen molar-refractivity contribution in [3.63, 3.8) is 0 Å². The van der Waals surface area contributed by atoms with E-state index in [9.17, 15) is 9.90 Å². The van der Waals surface area contributed by atoms with Gasteiger partial charge in [0, 0.05) is 43.8 Å². The molecule has 0 bridgehead atoms. The van der Waals surface area contributed by atoms with Gasteiger partial charge in [0.25, 0.3) is 5.91 Å². The van der Waals surface area contributed by atoms with Crippen LogP contribution in [0.2, 0.25) is 15.1 Å². The third-order valence-corrected chi connectivity index (χ3v) is 9.06. The molecule has 0 spiro atoms. The first-order valence-corrected chi connectivity index (χ1v) is 16.7. The molecule has 1 atom stereocenters. The number of amides is 1. The summed E-state index contributed by atoms with van der Waals surface area (Å²) in [5.74, 6) is 1.03. The van der Waals surface area contributed by atoms with E-state index in [-0.39, 0.29) is 25.2 Å². The van der Waals surface area contributed by atoms with Crippen LogP contribution in [0.3, 0.4) is 0 Å². The number of methoxy groups -OCH3 is 1. The Morgan fingerprint density at radius 1 is 1.02 bits per heavy atom. The number of carbonyl (C=O) groups excluding carboxylic acids is 1. The molecule has 8 nitrogen and oxygen atoms in total. The topological polar surface area (TPSA) is 93.2 Å². The van der Waals surface area contributed by atoms with Gasteiger partial charge in [-0.15, -0.1) is 0 Å². The Hall–Kier alpha value is -2.85. The number of aliphatic hydroxyl groups excluding tert-OH is 1. The quantitative estimate of drug-likeness (QED) is 0.172. The second-order valence-corrected chi connectivity index (χ2v) is 12.9. The molecule has 0 radical (unpaired) electrons. The van der Waals surface area contributed by atoms with Crippen LogP contribution in [0.1, 0.15) is 48.1 Å². The highest BCUT2D eigenvalue weighted by Crippen LogP contribution is 2.36. The SMILES string of the molecule is COCCCc1cc(CN(C(=O)C2=C(c3ccc(OCCOc4c(Cl)cc(C)cc4Cl)cc3)CCN[C@@H]2CO)C2CC2)c(Cl)cn1. The maximum absolute atomic E-state index is 14.4. The predicted octanol–water partition coefficient (Wildman–Crippen LogP) is 6.69. The molecule has 2 aromatic carbocycles. The van der Waals surface area contributed by atoms with E-state index >= 15 is 0 Å². The third kappa shape index (κ3) is 8.73. The predicted molar refractivity (Wildman–Crippen MR) is 182 cm³/mol. The van der Waals surface area contributed by atoms with E-state index in [1.807, 2.05) is 42.2 Å². The van der Waals surface area contributed by atoms with Gasteiger partial charge in [-0.1, -0.05) is 46.9 Å². The number of ether oxygens (including phenoxy) is 3. The highest BCUT2D eigenvalue weighted by atomic mass is 35.5. The van der Waals surface area contributed by atoms with Crippen molar-refractivity contribution in [2.75, 3.05) is 40.1 Å². The number of aromatic nitrogens is 1. The van der Waals surface area contributed by atoms with Crippen LogP contribution < -0.4 is 14.8 Å². The zero-order valence-electron chi connectivity index (χ0n) is 26.2. The Bertz CT molecular complexity index is 1520. The lowest BCUT2D eigenvalue weighted by Gasteiger charge is -2.33. The van der Waals surface area contributed by atoms with Gasteiger partial charge in [0.2, 0.25) is 0 Å². The molecular formula is C35H40Cl3N3O5. The fourth-order valence-corrected chi connectivity index (χ4v) is 6.58. The Balaban J connectivity index is 1.31. The van der Waals surface area contributed by atoms with Crippen LogP contribution in [0.4, 0.5) is 0 Å². The number of hydrogen-bond acceptors (Lipinski definition) is 7. The average molecular weight is 689 g/mol. The summed E-state index contributed by atoms with van der Waals surface area (Å²) in [4.78, 5) is 20.7. The molecule has 1 amide bonds. The van der Waals surface area contributed by atoms with Crippen molar-refractivity contribution in [3.05, 3.63) is 91.7 Å². The number of nitrogens with one attached hydrogen (secondary N) is 1. The fraction of sp³-hybridized carbons (Fsp3) is 0.429. The van der Waals surface area contributed by atoms with Crippen LogP contribution >= 0.6 is 34.8 Å². The van der Waals surface area contributed by atoms with Crippen LogP contribution in [0.15, 0.2) is 54.2 Å². The molecule has 0 unspecified atom stereocenters. The van der Waals surface area contributed by atoms with E-state index in [0.717, 1.165) is 53.6 Å². The van der Waals surface area contributed by atoms with E-state index < -0.39 is 6.04 Å². The first-order chi connectivity index (χ1) is 22.3. The summed E-state index contributed by atoms with van der Waals surface area (Å²) in [6, 6.07) is 12.9. The molecule has 1 aliphatic heterocycles. The first-order valence-electron chi connectivity index (χ1n) is 15.6. The minimum absolute atomic E-state index is 0.0801. The second-order valence-electron chi connectivity index (χ2n) is 11.6. The van der Waals surface area contributed by atoms with E-state index in [1.165, 1.54) is 0 Å². The summed E-state index contributed by atoms with van der Waals surface area (Å²) >= 11 is 19.1. The number of benzene rings is 2. The summed E-state index contributed by atoms with van der Waals surface area (Å²) < 4.78 is 16.9. The normalized spacial score (nSPS) is 16.4. The summed E-state index contributed by atoms with van der Waals surface area (Å²) in [6.07, 6.45) is 5.82. The molecule has 1 saturated carbocycles. The molecular weight excluding hydrogens is 649 g/mol. The lowest BCUT2D eigenvalue weighted by Crippen LogP contribution is -2.46. The van der Waals surface area contributed by atoms with Gasteiger partial charge in [-0.2, -0.15) is 0 Å². The number of aliphatic hydroxyl groups is 1. The van der Waals surface area contributed by atoms with Crippen LogP contribution in [0.5, 0.6) is 11.5 Å². The van der Waals surface area contributed by atoms with Gasteiger partial charge in [0.05, 0.1) is 27.7 Å². The molecule has 1 aliphatic carbocycles. The molecule has 5 rings (SSSR count). The Morgan fingerprint density at radius 3 is 2.41 bits per heavy atom. The van der Waals surface area contributed by atoms with Crippen molar-refractivity contribution in [1.29, 1.82) is 0 Å². The number of aryl methyl sites for hydroxylation is 2. The van der Waals surface area contributed by atoms with Gasteiger partial charge in [-0.25, -0.2) is 0 Å². The van der Waals surface area contributed by atoms with Gasteiger partial charge in [-0.05, 0) is 98.2 Å². The van der Waals surface area contributed by atoms with Crippen LogP contribution in [0, 0.1) is 6.92 Å². The number of nitrogens with zero attached hydrogens (tertiary/aromatic N) is 2. The molecule has 2 heterocycles. The lowest BCUT2D eigenvalue weighted by molar-refractivity contribution is -0.128. The standard InChI is InChI=1S/C35H40Cl3N3O5/c1-22-16-29(36)34(30(37)17-22)46-15-14-45-27-9-5-23(6-10-27)28-11-12-39-32(21-42)33(28)35(43)41(26-7-8-26)20-24-18-25(4-3-13-44-2)40-19-31(24)38/h5-6,9-10,16-19,26,32,39,42H,3-4,7-8,11-15,20-21H2,1-2H3/t32-/m1/s1. The third-order valence-electron chi connectivity index (χ3n) is 8.16. The van der Waals surface area contributed by atoms with Crippen molar-refractivity contribution in [2.24, 2.45) is 0 Å². The van der Waals surface area contributed by atoms with E-state index in [4.69, 9.17) is 49.0 Å². The molecule has 11 heteroatoms. The highest BCUT2D eigenvalue weighted by Gasteiger charge is 2.38. The van der Waals surface area contributed by atoms with Gasteiger partial charge in [-0.3, -0.25) is 9.78 Å². The highest BCUT2D eigenvalue weighted by molar-refractivity contribution is 6.37. The Labute approximate surface area is 285 Å². The average Bonchev–Trinajstić information content (AvgIpc) is 3.89. The van der Waals surface area contributed by atoms with E-state index in [0.29, 0.717) is 64.9 Å². The number of halogens is 3. The monoisotopic (exact) mass is 687 g/mol. The summed E-state index contributed by atoms with van der Waals surface area (Å²) in [5.41, 5.74) is 5.19. The molecule has 1 fully saturated rings. The second kappa shape index (κ2) is 16.3. The van der Waals surface area contributed by atoms with Crippen molar-refractivity contribution in [3.8, 4) is 11.5 Å². The first kappa shape index (κ1) is 34.5. The summed E-state index contributed by atoms with van der Waals surface area (Å²) in [5, 5.41) is 15.1. The largest absolute Gasteiger partial charge is 0.490 e. The summed E-state index contributed by atoms with van der Waals surface area (Å²) in [7, 11) is 1.68. The zero-order chi connectivity index (χ0) is 32.6. The molecule has 246 valence electrons. The van der Waals surface area contributed by atoms with Gasteiger partial charge in [0.1, 0.15) is 19.0 Å². The van der Waals surface area contributed by atoms with Crippen molar-refractivity contribution in [2.45, 2.75) is 57.7 Å². The maximum atomic E-state index is 14.4. The van der Waals surface area contributed by atoms with Crippen molar-refractivity contribution >= 4 is 46.3 Å². The molecule has 2 N–H and O–H groups in total. The smallest absolute Gasteiger partial charge is 0.252 e. The zero-order valence-corrected chi connectivity index (χ0v) is 28.4. The van der Waals surface area contributed by atoms with Gasteiger partial charge in [0.15, 0.2) is 5.75 Å². The van der Waals surface area contributed by atoms with Crippen LogP contribution in [-0.2, 0) is 22.5 Å². The molecule has 0 saturated heterocycles. The Kier molecular flexibility index (Phi) is 12.2. The molecule has 2 aliphatic rings. The minimum atomic E-state index is -0.469. The van der Waals surface area contributed by atoms with E-state index in [1.54, 1.807) is 25.4 Å². The van der Waals surface area contributed by atoms with Gasteiger partial charge < -0.3 is 29.5 Å². The van der Waals surface area contributed by atoms with E-state index in [2.05, 4.69) is 10.3 Å². The Morgan fingerprint density at radius 2 is 1.74 bits per heavy atom. The van der Waals surface area contributed by atoms with Crippen molar-refractivity contribution < 1.29 is 24.1 Å². The van der Waals surface area contributed by atoms with Crippen molar-refractivity contribution in [1.82, 2.24) is 15.2 Å². The number of hydrogen-bond donors (Lipinski definition) is 2. The lowest BCUT2D eigenvalue weighted by atomic mass is 9.88. The minimum Gasteiger partial charge on any atom is -0.490 e. The molecule has 3 aromatic rings. The molecule has 1 aromatic heterocycles. The number of rotatable bonds is 15. The fourth-order valence-electron chi connectivity index (χ4n) is 5.71. The number of pyridine rings is 1. The van der Waals surface area contributed by atoms with Gasteiger partial charge >= 0.3 is 0 Å². The summed E-state index contributed by atoms with van der Waals surface area (Å²) in [6.45, 7) is 3.99. The molecule has 46 heavy (non-hydrogen) atoms. The number of carbonyl (C=O) groups is 1. The van der Waals surface area contributed by atoms with Crippen LogP contribution in [0.25, 0.3) is 5.57 Å². The van der Waals surface area contributed by atoms with Crippen LogP contribution in [-0.4, -0.2) is 73.1 Å². The maximum Gasteiger partial charge on any atom is 0.252 e.